The van der Waals surface area contributed by atoms with E-state index in [1.807, 2.05) is 37.3 Å². The number of thioether (sulfide) groups is 1. The van der Waals surface area contributed by atoms with E-state index >= 15 is 0 Å². The number of nitrogens with one attached hydrogen (secondary N) is 1. The van der Waals surface area contributed by atoms with Crippen molar-refractivity contribution >= 4 is 34.1 Å². The molecular formula is C17H15N3O4S2. The number of carbonyl (C=O) groups is 1. The van der Waals surface area contributed by atoms with Gasteiger partial charge in [0.15, 0.2) is 10.1 Å². The first-order chi connectivity index (χ1) is 12.7. The average Bonchev–Trinajstić information content (AvgIpc) is 3.09. The van der Waals surface area contributed by atoms with Gasteiger partial charge < -0.3 is 9.15 Å². The molecule has 0 aliphatic rings. The summed E-state index contributed by atoms with van der Waals surface area (Å²) in [7, 11) is 0. The molecule has 3 rings (SSSR count). The third kappa shape index (κ3) is 4.70. The summed E-state index contributed by atoms with van der Waals surface area (Å²) in [6.07, 6.45) is 1.14. The molecule has 0 fully saturated rings. The molecule has 134 valence electrons. The van der Waals surface area contributed by atoms with Crippen LogP contribution in [0, 0.1) is 0 Å². The number of aromatic nitrogens is 2. The van der Waals surface area contributed by atoms with E-state index in [-0.39, 0.29) is 18.1 Å². The molecule has 0 unspecified atom stereocenters. The van der Waals surface area contributed by atoms with E-state index in [1.54, 1.807) is 0 Å². The molecule has 0 atom stereocenters. The minimum absolute atomic E-state index is 0.0444. The SMILES string of the molecule is CCSc1nnc(NC(=O)c2cc(=O)c(OCc3ccccc3)co2)s1. The Hall–Kier alpha value is -2.65. The fourth-order valence-corrected chi connectivity index (χ4v) is 3.60. The first-order valence-electron chi connectivity index (χ1n) is 7.73. The number of benzene rings is 1. The van der Waals surface area contributed by atoms with Gasteiger partial charge in [-0.3, -0.25) is 14.9 Å². The van der Waals surface area contributed by atoms with Gasteiger partial charge in [-0.25, -0.2) is 0 Å². The number of hydrogen-bond donors (Lipinski definition) is 1. The fourth-order valence-electron chi connectivity index (χ4n) is 1.96. The van der Waals surface area contributed by atoms with Crippen LogP contribution in [0.1, 0.15) is 23.0 Å². The number of amides is 1. The molecule has 7 nitrogen and oxygen atoms in total. The highest BCUT2D eigenvalue weighted by Crippen LogP contribution is 2.25. The Morgan fingerprint density at radius 3 is 2.85 bits per heavy atom. The van der Waals surface area contributed by atoms with Crippen LogP contribution in [0.5, 0.6) is 5.75 Å². The molecular weight excluding hydrogens is 374 g/mol. The van der Waals surface area contributed by atoms with Crippen molar-refractivity contribution in [3.8, 4) is 5.75 Å². The lowest BCUT2D eigenvalue weighted by molar-refractivity contribution is 0.0993. The molecule has 0 bridgehead atoms. The Balaban J connectivity index is 1.64. The van der Waals surface area contributed by atoms with Crippen LogP contribution in [0.3, 0.4) is 0 Å². The van der Waals surface area contributed by atoms with Crippen molar-refractivity contribution in [2.24, 2.45) is 0 Å². The summed E-state index contributed by atoms with van der Waals surface area (Å²) in [6.45, 7) is 2.24. The summed E-state index contributed by atoms with van der Waals surface area (Å²) < 4.78 is 11.4. The van der Waals surface area contributed by atoms with Crippen LogP contribution in [-0.2, 0) is 6.61 Å². The second-order valence-electron chi connectivity index (χ2n) is 5.01. The molecule has 1 amide bonds. The van der Waals surface area contributed by atoms with E-state index in [0.717, 1.165) is 28.0 Å². The lowest BCUT2D eigenvalue weighted by Gasteiger charge is -2.05. The van der Waals surface area contributed by atoms with Crippen molar-refractivity contribution in [1.82, 2.24) is 10.2 Å². The Bertz CT molecular complexity index is 940. The molecule has 1 N–H and O–H groups in total. The molecule has 1 aromatic carbocycles. The van der Waals surface area contributed by atoms with Gasteiger partial charge in [0, 0.05) is 6.07 Å². The summed E-state index contributed by atoms with van der Waals surface area (Å²) in [5, 5.41) is 10.7. The van der Waals surface area contributed by atoms with Crippen molar-refractivity contribution in [3.05, 3.63) is 64.2 Å². The Morgan fingerprint density at radius 1 is 1.31 bits per heavy atom. The maximum Gasteiger partial charge on any atom is 0.293 e. The zero-order valence-corrected chi connectivity index (χ0v) is 15.4. The minimum Gasteiger partial charge on any atom is -0.482 e. The van der Waals surface area contributed by atoms with Crippen molar-refractivity contribution in [3.63, 3.8) is 0 Å². The quantitative estimate of drug-likeness (QED) is 0.488. The van der Waals surface area contributed by atoms with E-state index in [9.17, 15) is 9.59 Å². The molecule has 0 saturated heterocycles. The van der Waals surface area contributed by atoms with Gasteiger partial charge >= 0.3 is 0 Å². The Labute approximate surface area is 157 Å². The topological polar surface area (TPSA) is 94.3 Å². The Kier molecular flexibility index (Phi) is 6.03. The van der Waals surface area contributed by atoms with E-state index in [4.69, 9.17) is 9.15 Å². The maximum atomic E-state index is 12.2. The zero-order valence-electron chi connectivity index (χ0n) is 13.8. The molecule has 0 saturated carbocycles. The summed E-state index contributed by atoms with van der Waals surface area (Å²) in [6, 6.07) is 10.5. The monoisotopic (exact) mass is 389 g/mol. The zero-order chi connectivity index (χ0) is 18.4. The van der Waals surface area contributed by atoms with Crippen molar-refractivity contribution in [2.75, 3.05) is 11.1 Å². The molecule has 2 heterocycles. The largest absolute Gasteiger partial charge is 0.482 e. The van der Waals surface area contributed by atoms with Crippen LogP contribution in [-0.4, -0.2) is 21.9 Å². The molecule has 3 aromatic rings. The van der Waals surface area contributed by atoms with Gasteiger partial charge in [-0.1, -0.05) is 60.4 Å². The molecule has 2 aromatic heterocycles. The van der Waals surface area contributed by atoms with Crippen LogP contribution in [0.4, 0.5) is 5.13 Å². The molecule has 0 spiro atoms. The number of ether oxygens (including phenoxy) is 1. The van der Waals surface area contributed by atoms with E-state index in [0.29, 0.717) is 5.13 Å². The number of rotatable bonds is 7. The first kappa shape index (κ1) is 18.2. The first-order valence-corrected chi connectivity index (χ1v) is 9.53. The van der Waals surface area contributed by atoms with Crippen molar-refractivity contribution < 1.29 is 13.9 Å². The highest BCUT2D eigenvalue weighted by Gasteiger charge is 2.15. The van der Waals surface area contributed by atoms with E-state index < -0.39 is 11.3 Å². The van der Waals surface area contributed by atoms with Crippen LogP contribution in [0.2, 0.25) is 0 Å². The molecule has 0 aliphatic heterocycles. The number of anilines is 1. The van der Waals surface area contributed by atoms with Gasteiger partial charge in [0.05, 0.1) is 0 Å². The normalized spacial score (nSPS) is 10.5. The highest BCUT2D eigenvalue weighted by atomic mass is 32.2. The van der Waals surface area contributed by atoms with Gasteiger partial charge in [0.1, 0.15) is 12.9 Å². The van der Waals surface area contributed by atoms with Gasteiger partial charge in [-0.15, -0.1) is 10.2 Å². The third-order valence-electron chi connectivity index (χ3n) is 3.15. The fraction of sp³-hybridized carbons (Fsp3) is 0.176. The molecule has 0 aliphatic carbocycles. The Morgan fingerprint density at radius 2 is 2.12 bits per heavy atom. The van der Waals surface area contributed by atoms with Crippen LogP contribution >= 0.6 is 23.1 Å². The number of carbonyl (C=O) groups excluding carboxylic acids is 1. The van der Waals surface area contributed by atoms with E-state index in [1.165, 1.54) is 23.1 Å². The van der Waals surface area contributed by atoms with E-state index in [2.05, 4.69) is 15.5 Å². The predicted molar refractivity (Wildman–Crippen MR) is 100 cm³/mol. The second-order valence-corrected chi connectivity index (χ2v) is 7.50. The summed E-state index contributed by atoms with van der Waals surface area (Å²) in [4.78, 5) is 24.3. The minimum atomic E-state index is -0.569. The van der Waals surface area contributed by atoms with Crippen LogP contribution in [0.25, 0.3) is 0 Å². The number of nitrogens with zero attached hydrogens (tertiary/aromatic N) is 2. The molecule has 9 heteroatoms. The summed E-state index contributed by atoms with van der Waals surface area (Å²) >= 11 is 2.79. The van der Waals surface area contributed by atoms with Crippen molar-refractivity contribution in [2.45, 2.75) is 17.9 Å². The highest BCUT2D eigenvalue weighted by molar-refractivity contribution is 8.01. The number of hydrogen-bond acceptors (Lipinski definition) is 8. The van der Waals surface area contributed by atoms with Crippen LogP contribution < -0.4 is 15.5 Å². The lowest BCUT2D eigenvalue weighted by Crippen LogP contribution is -2.15. The van der Waals surface area contributed by atoms with Crippen LogP contribution in [0.15, 0.2) is 56.2 Å². The van der Waals surface area contributed by atoms with Crippen molar-refractivity contribution in [1.29, 1.82) is 0 Å². The third-order valence-corrected chi connectivity index (χ3v) is 5.01. The van der Waals surface area contributed by atoms with Gasteiger partial charge in [0.25, 0.3) is 5.91 Å². The van der Waals surface area contributed by atoms with Gasteiger partial charge in [-0.05, 0) is 11.3 Å². The lowest BCUT2D eigenvalue weighted by atomic mass is 10.2. The average molecular weight is 389 g/mol. The molecule has 26 heavy (non-hydrogen) atoms. The summed E-state index contributed by atoms with van der Waals surface area (Å²) in [5.41, 5.74) is 0.488. The predicted octanol–water partition coefficient (Wildman–Crippen LogP) is 3.43. The van der Waals surface area contributed by atoms with Gasteiger partial charge in [-0.2, -0.15) is 0 Å². The van der Waals surface area contributed by atoms with Gasteiger partial charge in [0.2, 0.25) is 16.3 Å². The smallest absolute Gasteiger partial charge is 0.293 e. The standard InChI is InChI=1S/C17H15N3O4S2/c1-2-25-17-20-19-16(26-17)18-15(22)13-8-12(21)14(10-24-13)23-9-11-6-4-3-5-7-11/h3-8,10H,2,9H2,1H3,(H,18,19,22). The maximum absolute atomic E-state index is 12.2. The second kappa shape index (κ2) is 8.63. The summed E-state index contributed by atoms with van der Waals surface area (Å²) in [5.74, 6) is 0.216. The molecule has 0 radical (unpaired) electrons.